The summed E-state index contributed by atoms with van der Waals surface area (Å²) < 4.78 is 1.24. The minimum atomic E-state index is -0.139. The molecule has 1 aromatic heterocycles. The van der Waals surface area contributed by atoms with Gasteiger partial charge in [0.05, 0.1) is 6.54 Å². The molecule has 0 aliphatic heterocycles. The number of amides is 2. The fourth-order valence-corrected chi connectivity index (χ4v) is 3.37. The van der Waals surface area contributed by atoms with Crippen LogP contribution in [-0.2, 0) is 16.1 Å². The predicted octanol–water partition coefficient (Wildman–Crippen LogP) is 2.77. The number of fused-ring (bicyclic) bond motifs is 1. The normalized spacial score (nSPS) is 12.1. The van der Waals surface area contributed by atoms with Crippen molar-refractivity contribution in [1.82, 2.24) is 10.2 Å². The molecule has 0 saturated carbocycles. The second-order valence-electron chi connectivity index (χ2n) is 5.31. The Morgan fingerprint density at radius 1 is 1.33 bits per heavy atom. The van der Waals surface area contributed by atoms with Gasteiger partial charge in [-0.1, -0.05) is 18.2 Å². The van der Waals surface area contributed by atoms with Crippen LogP contribution in [-0.4, -0.2) is 29.8 Å². The average Bonchev–Trinajstić information content (AvgIpc) is 2.79. The lowest BCUT2D eigenvalue weighted by Gasteiger charge is -2.19. The second kappa shape index (κ2) is 6.72. The Bertz CT molecular complexity index is 618. The fraction of sp³-hybridized carbons (Fsp3) is 0.375. The van der Waals surface area contributed by atoms with E-state index in [1.165, 1.54) is 21.9 Å². The summed E-state index contributed by atoms with van der Waals surface area (Å²) >= 11 is 1.71. The van der Waals surface area contributed by atoms with E-state index in [0.717, 1.165) is 0 Å². The van der Waals surface area contributed by atoms with Crippen molar-refractivity contribution in [1.29, 1.82) is 0 Å². The summed E-state index contributed by atoms with van der Waals surface area (Å²) in [6.07, 6.45) is 0.320. The summed E-state index contributed by atoms with van der Waals surface area (Å²) in [5.41, 5.74) is 0. The van der Waals surface area contributed by atoms with E-state index < -0.39 is 0 Å². The quantitative estimate of drug-likeness (QED) is 0.923. The first-order valence-corrected chi connectivity index (χ1v) is 7.76. The SMILES string of the molecule is CC(=O)N[C@@H](C)CC(=O)N(C)Cc1cc2ccccc2s1. The summed E-state index contributed by atoms with van der Waals surface area (Å²) in [7, 11) is 1.80. The molecule has 4 nitrogen and oxygen atoms in total. The Kier molecular flexibility index (Phi) is 4.96. The number of rotatable bonds is 5. The molecular weight excluding hydrogens is 284 g/mol. The van der Waals surface area contributed by atoms with Gasteiger partial charge >= 0.3 is 0 Å². The van der Waals surface area contributed by atoms with Gasteiger partial charge < -0.3 is 10.2 Å². The molecule has 1 heterocycles. The number of thiophene rings is 1. The van der Waals surface area contributed by atoms with Crippen LogP contribution in [0.25, 0.3) is 10.1 Å². The highest BCUT2D eigenvalue weighted by molar-refractivity contribution is 7.19. The third kappa shape index (κ3) is 4.29. The summed E-state index contributed by atoms with van der Waals surface area (Å²) in [4.78, 5) is 26.0. The minimum Gasteiger partial charge on any atom is -0.353 e. The third-order valence-electron chi connectivity index (χ3n) is 3.23. The highest BCUT2D eigenvalue weighted by Gasteiger charge is 2.15. The van der Waals surface area contributed by atoms with Crippen molar-refractivity contribution in [3.63, 3.8) is 0 Å². The molecule has 0 aliphatic carbocycles. The maximum Gasteiger partial charge on any atom is 0.224 e. The Morgan fingerprint density at radius 3 is 2.71 bits per heavy atom. The number of hydrogen-bond acceptors (Lipinski definition) is 3. The molecule has 2 amide bonds. The first kappa shape index (κ1) is 15.5. The van der Waals surface area contributed by atoms with Crippen molar-refractivity contribution in [2.24, 2.45) is 0 Å². The van der Waals surface area contributed by atoms with Gasteiger partial charge in [0.2, 0.25) is 11.8 Å². The summed E-state index contributed by atoms with van der Waals surface area (Å²) in [5.74, 6) is -0.0730. The Morgan fingerprint density at radius 2 is 2.05 bits per heavy atom. The van der Waals surface area contributed by atoms with Crippen LogP contribution in [0.1, 0.15) is 25.1 Å². The van der Waals surface area contributed by atoms with Gasteiger partial charge in [0, 0.05) is 36.0 Å². The number of nitrogens with one attached hydrogen (secondary N) is 1. The van der Waals surface area contributed by atoms with Crippen LogP contribution >= 0.6 is 11.3 Å². The number of benzene rings is 1. The molecule has 1 aromatic carbocycles. The largest absolute Gasteiger partial charge is 0.353 e. The van der Waals surface area contributed by atoms with E-state index in [0.29, 0.717) is 13.0 Å². The molecular formula is C16H20N2O2S. The molecule has 2 aromatic rings. The summed E-state index contributed by atoms with van der Waals surface area (Å²) in [5, 5.41) is 3.94. The monoisotopic (exact) mass is 304 g/mol. The Hall–Kier alpha value is -1.88. The molecule has 0 spiro atoms. The number of hydrogen-bond donors (Lipinski definition) is 1. The first-order valence-electron chi connectivity index (χ1n) is 6.94. The van der Waals surface area contributed by atoms with E-state index in [9.17, 15) is 9.59 Å². The van der Waals surface area contributed by atoms with Crippen LogP contribution in [0.5, 0.6) is 0 Å². The van der Waals surface area contributed by atoms with Crippen LogP contribution in [0.3, 0.4) is 0 Å². The molecule has 1 N–H and O–H groups in total. The zero-order valence-corrected chi connectivity index (χ0v) is 13.4. The van der Waals surface area contributed by atoms with Crippen molar-refractivity contribution >= 4 is 33.2 Å². The van der Waals surface area contributed by atoms with Gasteiger partial charge in [-0.05, 0) is 24.4 Å². The van der Waals surface area contributed by atoms with Gasteiger partial charge in [-0.15, -0.1) is 11.3 Å². The molecule has 0 saturated heterocycles. The number of nitrogens with zero attached hydrogens (tertiary/aromatic N) is 1. The molecule has 0 radical (unpaired) electrons. The fourth-order valence-electron chi connectivity index (χ4n) is 2.25. The van der Waals surface area contributed by atoms with E-state index in [1.807, 2.05) is 19.1 Å². The van der Waals surface area contributed by atoms with Crippen LogP contribution in [0, 0.1) is 0 Å². The van der Waals surface area contributed by atoms with E-state index >= 15 is 0 Å². The molecule has 21 heavy (non-hydrogen) atoms. The number of carbonyl (C=O) groups excluding carboxylic acids is 2. The van der Waals surface area contributed by atoms with Crippen LogP contribution in [0.4, 0.5) is 0 Å². The average molecular weight is 304 g/mol. The van der Waals surface area contributed by atoms with E-state index in [-0.39, 0.29) is 17.9 Å². The van der Waals surface area contributed by atoms with Gasteiger partial charge in [0.1, 0.15) is 0 Å². The highest BCUT2D eigenvalue weighted by atomic mass is 32.1. The van der Waals surface area contributed by atoms with Crippen LogP contribution in [0.2, 0.25) is 0 Å². The number of carbonyl (C=O) groups is 2. The smallest absolute Gasteiger partial charge is 0.224 e. The van der Waals surface area contributed by atoms with Crippen molar-refractivity contribution < 1.29 is 9.59 Å². The maximum absolute atomic E-state index is 12.1. The van der Waals surface area contributed by atoms with Crippen molar-refractivity contribution in [2.75, 3.05) is 7.05 Å². The molecule has 0 fully saturated rings. The van der Waals surface area contributed by atoms with E-state index in [2.05, 4.69) is 23.5 Å². The standard InChI is InChI=1S/C16H20N2O2S/c1-11(17-12(2)19)8-16(20)18(3)10-14-9-13-6-4-5-7-15(13)21-14/h4-7,9,11H,8,10H2,1-3H3,(H,17,19)/t11-/m0/s1. The Labute approximate surface area is 128 Å². The van der Waals surface area contributed by atoms with Crippen LogP contribution < -0.4 is 5.32 Å². The second-order valence-corrected chi connectivity index (χ2v) is 6.47. The summed E-state index contributed by atoms with van der Waals surface area (Å²) in [6.45, 7) is 3.90. The zero-order chi connectivity index (χ0) is 15.4. The first-order chi connectivity index (χ1) is 9.95. The molecule has 112 valence electrons. The molecule has 0 unspecified atom stereocenters. The molecule has 1 atom stereocenters. The lowest BCUT2D eigenvalue weighted by atomic mass is 10.2. The molecule has 0 bridgehead atoms. The predicted molar refractivity (Wildman–Crippen MR) is 86.2 cm³/mol. The van der Waals surface area contributed by atoms with Gasteiger partial charge in [0.25, 0.3) is 0 Å². The van der Waals surface area contributed by atoms with Crippen molar-refractivity contribution in [3.8, 4) is 0 Å². The highest BCUT2D eigenvalue weighted by Crippen LogP contribution is 2.26. The zero-order valence-electron chi connectivity index (χ0n) is 12.6. The van der Waals surface area contributed by atoms with Gasteiger partial charge in [-0.2, -0.15) is 0 Å². The van der Waals surface area contributed by atoms with Crippen molar-refractivity contribution in [2.45, 2.75) is 32.9 Å². The van der Waals surface area contributed by atoms with Crippen LogP contribution in [0.15, 0.2) is 30.3 Å². The minimum absolute atomic E-state index is 0.0358. The topological polar surface area (TPSA) is 49.4 Å². The lowest BCUT2D eigenvalue weighted by Crippen LogP contribution is -2.36. The summed E-state index contributed by atoms with van der Waals surface area (Å²) in [6, 6.07) is 10.2. The molecule has 2 rings (SSSR count). The molecule has 0 aliphatic rings. The van der Waals surface area contributed by atoms with Crippen molar-refractivity contribution in [3.05, 3.63) is 35.2 Å². The van der Waals surface area contributed by atoms with Gasteiger partial charge in [0.15, 0.2) is 0 Å². The van der Waals surface area contributed by atoms with Gasteiger partial charge in [-0.25, -0.2) is 0 Å². The van der Waals surface area contributed by atoms with E-state index in [4.69, 9.17) is 0 Å². The molecule has 5 heteroatoms. The lowest BCUT2D eigenvalue weighted by molar-refractivity contribution is -0.131. The Balaban J connectivity index is 1.95. The van der Waals surface area contributed by atoms with Gasteiger partial charge in [-0.3, -0.25) is 9.59 Å². The third-order valence-corrected chi connectivity index (χ3v) is 4.33. The maximum atomic E-state index is 12.1. The van der Waals surface area contributed by atoms with E-state index in [1.54, 1.807) is 23.3 Å².